The van der Waals surface area contributed by atoms with Crippen molar-refractivity contribution in [3.8, 4) is 19.5 Å². The molecule has 4 nitrogen and oxygen atoms in total. The van der Waals surface area contributed by atoms with Gasteiger partial charge in [0.25, 0.3) is 11.8 Å². The van der Waals surface area contributed by atoms with Crippen LogP contribution in [0, 0.1) is 13.8 Å². The smallest absolute Gasteiger partial charge is 0.261 e. The van der Waals surface area contributed by atoms with Gasteiger partial charge in [0.2, 0.25) is 0 Å². The SMILES string of the molecule is Cc1ccc(-c2ccc(C3=C4C(=O)N(C)C(c5ccc(-c6ccc(C)s6)s5)=C4C(=O)N3C)s2)s1. The molecule has 0 saturated carbocycles. The zero-order chi connectivity index (χ0) is 23.7. The lowest BCUT2D eigenvalue weighted by molar-refractivity contribution is -0.123. The van der Waals surface area contributed by atoms with Crippen LogP contribution in [0.25, 0.3) is 30.9 Å². The summed E-state index contributed by atoms with van der Waals surface area (Å²) in [5, 5.41) is 0. The van der Waals surface area contributed by atoms with Crippen molar-refractivity contribution in [1.29, 1.82) is 0 Å². The van der Waals surface area contributed by atoms with Crippen molar-refractivity contribution < 1.29 is 9.59 Å². The van der Waals surface area contributed by atoms with Crippen molar-refractivity contribution in [1.82, 2.24) is 9.80 Å². The molecule has 0 saturated heterocycles. The fourth-order valence-electron chi connectivity index (χ4n) is 4.43. The maximum absolute atomic E-state index is 13.5. The molecule has 0 fully saturated rings. The van der Waals surface area contributed by atoms with E-state index in [4.69, 9.17) is 0 Å². The van der Waals surface area contributed by atoms with Gasteiger partial charge >= 0.3 is 0 Å². The number of carbonyl (C=O) groups is 2. The number of thiophene rings is 4. The fraction of sp³-hybridized carbons (Fsp3) is 0.154. The highest BCUT2D eigenvalue weighted by Gasteiger charge is 2.47. The normalized spacial score (nSPS) is 16.0. The minimum atomic E-state index is -0.124. The van der Waals surface area contributed by atoms with E-state index in [0.29, 0.717) is 22.5 Å². The molecule has 4 aromatic heterocycles. The molecule has 0 unspecified atom stereocenters. The number of carbonyl (C=O) groups excluding carboxylic acids is 2. The van der Waals surface area contributed by atoms with Crippen LogP contribution in [0.15, 0.2) is 59.7 Å². The van der Waals surface area contributed by atoms with Crippen molar-refractivity contribution in [2.45, 2.75) is 13.8 Å². The molecule has 0 atom stereocenters. The van der Waals surface area contributed by atoms with E-state index < -0.39 is 0 Å². The number of amides is 2. The van der Waals surface area contributed by atoms with Crippen molar-refractivity contribution in [2.75, 3.05) is 14.1 Å². The molecular formula is C26H20N2O2S4. The molecule has 2 aliphatic rings. The van der Waals surface area contributed by atoms with Crippen LogP contribution in [0.1, 0.15) is 19.5 Å². The van der Waals surface area contributed by atoms with Crippen LogP contribution in [0.4, 0.5) is 0 Å². The number of nitrogens with zero attached hydrogens (tertiary/aromatic N) is 2. The van der Waals surface area contributed by atoms with E-state index in [0.717, 1.165) is 19.5 Å². The summed E-state index contributed by atoms with van der Waals surface area (Å²) >= 11 is 6.75. The first kappa shape index (κ1) is 21.7. The zero-order valence-electron chi connectivity index (χ0n) is 19.0. The highest BCUT2D eigenvalue weighted by atomic mass is 32.1. The molecule has 2 aliphatic heterocycles. The van der Waals surface area contributed by atoms with Crippen LogP contribution >= 0.6 is 45.3 Å². The molecule has 0 aliphatic carbocycles. The van der Waals surface area contributed by atoms with E-state index in [-0.39, 0.29) is 11.8 Å². The van der Waals surface area contributed by atoms with Crippen LogP contribution in [0.3, 0.4) is 0 Å². The van der Waals surface area contributed by atoms with Crippen molar-refractivity contribution in [3.05, 3.63) is 79.2 Å². The molecule has 0 aromatic carbocycles. The van der Waals surface area contributed by atoms with E-state index in [1.807, 2.05) is 12.1 Å². The Morgan fingerprint density at radius 2 is 0.824 bits per heavy atom. The van der Waals surface area contributed by atoms with Gasteiger partial charge in [0, 0.05) is 43.4 Å². The minimum Gasteiger partial charge on any atom is -0.309 e. The molecule has 170 valence electrons. The molecule has 0 spiro atoms. The largest absolute Gasteiger partial charge is 0.309 e. The quantitative estimate of drug-likeness (QED) is 0.292. The first-order valence-electron chi connectivity index (χ1n) is 10.7. The van der Waals surface area contributed by atoms with E-state index in [9.17, 15) is 9.59 Å². The third-order valence-corrected chi connectivity index (χ3v) is 10.7. The molecule has 6 heterocycles. The first-order chi connectivity index (χ1) is 16.3. The highest BCUT2D eigenvalue weighted by molar-refractivity contribution is 7.23. The summed E-state index contributed by atoms with van der Waals surface area (Å²) in [5.74, 6) is -0.247. The molecule has 6 rings (SSSR count). The van der Waals surface area contributed by atoms with Crippen molar-refractivity contribution in [3.63, 3.8) is 0 Å². The fourth-order valence-corrected chi connectivity index (χ4v) is 8.54. The number of rotatable bonds is 4. The molecule has 4 aromatic rings. The predicted molar refractivity (Wildman–Crippen MR) is 144 cm³/mol. The van der Waals surface area contributed by atoms with E-state index in [2.05, 4.69) is 50.2 Å². The number of hydrogen-bond donors (Lipinski definition) is 0. The van der Waals surface area contributed by atoms with Crippen LogP contribution in [0.5, 0.6) is 0 Å². The van der Waals surface area contributed by atoms with Gasteiger partial charge in [-0.25, -0.2) is 0 Å². The number of hydrogen-bond acceptors (Lipinski definition) is 6. The van der Waals surface area contributed by atoms with Crippen LogP contribution in [-0.4, -0.2) is 35.7 Å². The number of aryl methyl sites for hydroxylation is 2. The second-order valence-electron chi connectivity index (χ2n) is 8.32. The molecular weight excluding hydrogens is 501 g/mol. The average molecular weight is 521 g/mol. The van der Waals surface area contributed by atoms with Crippen LogP contribution < -0.4 is 0 Å². The Kier molecular flexibility index (Phi) is 5.04. The Morgan fingerprint density at radius 1 is 0.500 bits per heavy atom. The lowest BCUT2D eigenvalue weighted by Gasteiger charge is -2.18. The summed E-state index contributed by atoms with van der Waals surface area (Å²) < 4.78 is 0. The predicted octanol–water partition coefficient (Wildman–Crippen LogP) is 6.95. The maximum atomic E-state index is 13.5. The third kappa shape index (κ3) is 3.20. The summed E-state index contributed by atoms with van der Waals surface area (Å²) in [6, 6.07) is 16.7. The summed E-state index contributed by atoms with van der Waals surface area (Å²) in [5.41, 5.74) is 2.45. The van der Waals surface area contributed by atoms with Gasteiger partial charge < -0.3 is 9.80 Å². The van der Waals surface area contributed by atoms with Gasteiger partial charge in [-0.05, 0) is 62.4 Å². The molecule has 0 radical (unpaired) electrons. The van der Waals surface area contributed by atoms with E-state index >= 15 is 0 Å². The lowest BCUT2D eigenvalue weighted by Crippen LogP contribution is -2.24. The van der Waals surface area contributed by atoms with E-state index in [1.54, 1.807) is 69.2 Å². The van der Waals surface area contributed by atoms with Gasteiger partial charge in [-0.15, -0.1) is 45.3 Å². The highest BCUT2D eigenvalue weighted by Crippen LogP contribution is 2.49. The van der Waals surface area contributed by atoms with Gasteiger partial charge in [-0.2, -0.15) is 0 Å². The Labute approximate surface area is 213 Å². The van der Waals surface area contributed by atoms with Crippen LogP contribution in [0.2, 0.25) is 0 Å². The van der Waals surface area contributed by atoms with Crippen LogP contribution in [-0.2, 0) is 9.59 Å². The first-order valence-corrected chi connectivity index (χ1v) is 14.0. The lowest BCUT2D eigenvalue weighted by atomic mass is 10.1. The van der Waals surface area contributed by atoms with Crippen molar-refractivity contribution in [2.24, 2.45) is 0 Å². The standard InChI is InChI=1S/C26H20N2O2S4/c1-13-5-7-15(31-13)17-9-11-19(33-17)23-21-22(26(30)27(23)3)24(28(4)25(21)29)20-12-10-18(34-20)16-8-6-14(2)32-16/h5-12H,1-4H3. The van der Waals surface area contributed by atoms with Gasteiger partial charge in [0.15, 0.2) is 0 Å². The topological polar surface area (TPSA) is 40.6 Å². The van der Waals surface area contributed by atoms with Gasteiger partial charge in [0.05, 0.1) is 32.3 Å². The molecule has 2 amide bonds. The van der Waals surface area contributed by atoms with Gasteiger partial charge in [-0.1, -0.05) is 0 Å². The molecule has 8 heteroatoms. The Hall–Kier alpha value is -2.78. The number of likely N-dealkylation sites (N-methyl/N-ethyl adjacent to an activating group) is 2. The average Bonchev–Trinajstić information content (AvgIpc) is 3.62. The van der Waals surface area contributed by atoms with Gasteiger partial charge in [-0.3, -0.25) is 9.59 Å². The second kappa shape index (κ2) is 7.88. The molecule has 34 heavy (non-hydrogen) atoms. The monoisotopic (exact) mass is 520 g/mol. The van der Waals surface area contributed by atoms with E-state index in [1.165, 1.54) is 19.5 Å². The Morgan fingerprint density at radius 3 is 1.18 bits per heavy atom. The summed E-state index contributed by atoms with van der Waals surface area (Å²) in [6.45, 7) is 4.19. The minimum absolute atomic E-state index is 0.124. The zero-order valence-corrected chi connectivity index (χ0v) is 22.2. The molecule has 0 bridgehead atoms. The summed E-state index contributed by atoms with van der Waals surface area (Å²) in [7, 11) is 3.54. The maximum Gasteiger partial charge on any atom is 0.261 e. The second-order valence-corrected chi connectivity index (χ2v) is 13.1. The van der Waals surface area contributed by atoms with Gasteiger partial charge in [0.1, 0.15) is 0 Å². The third-order valence-electron chi connectivity index (χ3n) is 6.08. The van der Waals surface area contributed by atoms with Crippen molar-refractivity contribution >= 4 is 68.6 Å². The molecule has 0 N–H and O–H groups in total. The Balaban J connectivity index is 1.47. The summed E-state index contributed by atoms with van der Waals surface area (Å²) in [4.78, 5) is 39.3. The Bertz CT molecular complexity index is 1440. The number of fused-ring (bicyclic) bond motifs is 1. The summed E-state index contributed by atoms with van der Waals surface area (Å²) in [6.07, 6.45) is 0.